The summed E-state index contributed by atoms with van der Waals surface area (Å²) in [6, 6.07) is 0. The Hall–Kier alpha value is -2.30. The molecule has 38 heavy (non-hydrogen) atoms. The van der Waals surface area contributed by atoms with Gasteiger partial charge in [-0.3, -0.25) is 0 Å². The topological polar surface area (TPSA) is 124 Å². The van der Waals surface area contributed by atoms with E-state index in [1.807, 2.05) is 0 Å². The van der Waals surface area contributed by atoms with Gasteiger partial charge in [0.2, 0.25) is 0 Å². The van der Waals surface area contributed by atoms with E-state index in [4.69, 9.17) is 23.7 Å². The number of aliphatic hydroxyl groups is 2. The molecule has 9 heteroatoms. The predicted octanol–water partition coefficient (Wildman–Crippen LogP) is 2.32. The largest absolute Gasteiger partial charge is 0.458 e. The van der Waals surface area contributed by atoms with Crippen molar-refractivity contribution in [1.82, 2.24) is 0 Å². The van der Waals surface area contributed by atoms with Crippen molar-refractivity contribution >= 4 is 11.9 Å². The van der Waals surface area contributed by atoms with Crippen molar-refractivity contribution in [1.29, 1.82) is 0 Å². The summed E-state index contributed by atoms with van der Waals surface area (Å²) in [5, 5.41) is 20.7. The SMILES string of the molecule is CC1=C[C@H]2O[C@@H]3C[C@@H](OC(=O)/C=C/C=C/C(OCCC4=CC(=O)OC4)C(C)O)[C@](C)([C@@]2(CO)CC1)[C@]31CO1. The van der Waals surface area contributed by atoms with E-state index < -0.39 is 40.7 Å². The van der Waals surface area contributed by atoms with E-state index in [2.05, 4.69) is 19.9 Å². The molecule has 5 rings (SSSR count). The molecule has 0 radical (unpaired) electrons. The Morgan fingerprint density at radius 1 is 1.34 bits per heavy atom. The van der Waals surface area contributed by atoms with Gasteiger partial charge in [-0.1, -0.05) is 36.8 Å². The monoisotopic (exact) mass is 530 g/mol. The Balaban J connectivity index is 1.21. The zero-order chi connectivity index (χ0) is 27.1. The van der Waals surface area contributed by atoms with Gasteiger partial charge in [0.25, 0.3) is 0 Å². The number of ether oxygens (including phenoxy) is 5. The lowest BCUT2D eigenvalue weighted by atomic mass is 9.51. The van der Waals surface area contributed by atoms with Crippen LogP contribution in [0.1, 0.15) is 46.5 Å². The van der Waals surface area contributed by atoms with Crippen LogP contribution in [0.25, 0.3) is 0 Å². The predicted molar refractivity (Wildman–Crippen MR) is 136 cm³/mol. The number of epoxide rings is 1. The Kier molecular flexibility index (Phi) is 7.43. The minimum atomic E-state index is -0.759. The number of esters is 2. The molecule has 8 atom stereocenters. The van der Waals surface area contributed by atoms with Crippen molar-refractivity contribution in [2.45, 2.75) is 82.6 Å². The summed E-state index contributed by atoms with van der Waals surface area (Å²) in [7, 11) is 0. The summed E-state index contributed by atoms with van der Waals surface area (Å²) in [5.74, 6) is -0.827. The number of cyclic esters (lactones) is 1. The minimum Gasteiger partial charge on any atom is -0.458 e. The maximum atomic E-state index is 12.9. The summed E-state index contributed by atoms with van der Waals surface area (Å²) in [6.07, 6.45) is 10.3. The lowest BCUT2D eigenvalue weighted by Crippen LogP contribution is -2.66. The second-order valence-electron chi connectivity index (χ2n) is 11.4. The van der Waals surface area contributed by atoms with Crippen molar-refractivity contribution < 1.29 is 43.5 Å². The molecule has 0 aromatic heterocycles. The second kappa shape index (κ2) is 10.4. The first-order valence-corrected chi connectivity index (χ1v) is 13.4. The molecule has 0 aromatic rings. The highest BCUT2D eigenvalue weighted by atomic mass is 16.6. The summed E-state index contributed by atoms with van der Waals surface area (Å²) in [4.78, 5) is 24.0. The zero-order valence-corrected chi connectivity index (χ0v) is 22.3. The molecule has 3 heterocycles. The van der Waals surface area contributed by atoms with Crippen LogP contribution in [0.4, 0.5) is 0 Å². The molecule has 2 bridgehead atoms. The van der Waals surface area contributed by atoms with Crippen molar-refractivity contribution in [3.05, 3.63) is 47.6 Å². The molecule has 2 aliphatic carbocycles. The zero-order valence-electron chi connectivity index (χ0n) is 22.3. The molecule has 2 saturated heterocycles. The van der Waals surface area contributed by atoms with Crippen molar-refractivity contribution in [2.75, 3.05) is 26.4 Å². The Labute approximate surface area is 223 Å². The highest BCUT2D eigenvalue weighted by Gasteiger charge is 2.82. The van der Waals surface area contributed by atoms with Crippen molar-refractivity contribution in [3.63, 3.8) is 0 Å². The molecule has 208 valence electrons. The molecular weight excluding hydrogens is 492 g/mol. The van der Waals surface area contributed by atoms with Crippen LogP contribution >= 0.6 is 0 Å². The van der Waals surface area contributed by atoms with Gasteiger partial charge >= 0.3 is 11.9 Å². The Morgan fingerprint density at radius 2 is 2.13 bits per heavy atom. The Morgan fingerprint density at radius 3 is 2.79 bits per heavy atom. The molecule has 1 spiro atoms. The van der Waals surface area contributed by atoms with Gasteiger partial charge in [0.1, 0.15) is 24.4 Å². The standard InChI is InChI=1S/C29H38O9/c1-18-8-10-28(16-30)23(12-18)37-24-14-22(27(28,3)29(24)17-36-29)38-25(32)7-5-4-6-21(19(2)31)34-11-9-20-13-26(33)35-15-20/h4-7,12-13,19,21-24,30-31H,8-11,14-17H2,1-3H3/b6-4+,7-5+/t19?,21?,22-,23-,24-,27-,28-,29+/m1/s1. The maximum Gasteiger partial charge on any atom is 0.331 e. The van der Waals surface area contributed by atoms with Crippen LogP contribution in [-0.2, 0) is 33.3 Å². The quantitative estimate of drug-likeness (QED) is 0.144. The van der Waals surface area contributed by atoms with Gasteiger partial charge in [0.05, 0.1) is 38.1 Å². The van der Waals surface area contributed by atoms with Crippen molar-refractivity contribution in [2.24, 2.45) is 10.8 Å². The number of fused-ring (bicyclic) bond motifs is 2. The van der Waals surface area contributed by atoms with Gasteiger partial charge in [-0.05, 0) is 38.7 Å². The average Bonchev–Trinajstić information content (AvgIpc) is 3.55. The van der Waals surface area contributed by atoms with Crippen LogP contribution in [-0.4, -0.2) is 84.7 Å². The lowest BCUT2D eigenvalue weighted by Gasteiger charge is -2.58. The fraction of sp³-hybridized carbons (Fsp3) is 0.655. The Bertz CT molecular complexity index is 1070. The van der Waals surface area contributed by atoms with Crippen LogP contribution in [0.3, 0.4) is 0 Å². The van der Waals surface area contributed by atoms with Crippen LogP contribution < -0.4 is 0 Å². The maximum absolute atomic E-state index is 12.9. The number of allylic oxidation sites excluding steroid dienone is 3. The first-order valence-electron chi connectivity index (χ1n) is 13.4. The second-order valence-corrected chi connectivity index (χ2v) is 11.4. The van der Waals surface area contributed by atoms with Crippen LogP contribution in [0, 0.1) is 10.8 Å². The molecule has 1 saturated carbocycles. The normalized spacial score (nSPS) is 39.2. The summed E-state index contributed by atoms with van der Waals surface area (Å²) in [6.45, 7) is 6.87. The fourth-order valence-electron chi connectivity index (χ4n) is 6.89. The molecule has 0 aromatic carbocycles. The average molecular weight is 531 g/mol. The van der Waals surface area contributed by atoms with E-state index in [-0.39, 0.29) is 31.4 Å². The van der Waals surface area contributed by atoms with E-state index in [0.29, 0.717) is 26.1 Å². The molecular formula is C29H38O9. The van der Waals surface area contributed by atoms with E-state index in [1.165, 1.54) is 17.7 Å². The molecule has 3 aliphatic heterocycles. The van der Waals surface area contributed by atoms with Gasteiger partial charge in [0.15, 0.2) is 0 Å². The number of hydrogen-bond donors (Lipinski definition) is 2. The molecule has 5 aliphatic rings. The molecule has 2 N–H and O–H groups in total. The first-order chi connectivity index (χ1) is 18.1. The summed E-state index contributed by atoms with van der Waals surface area (Å²) >= 11 is 0. The number of carbonyl (C=O) groups is 2. The first kappa shape index (κ1) is 27.3. The number of hydrogen-bond acceptors (Lipinski definition) is 9. The third kappa shape index (κ3) is 4.48. The van der Waals surface area contributed by atoms with Gasteiger partial charge in [-0.15, -0.1) is 0 Å². The van der Waals surface area contributed by atoms with Gasteiger partial charge < -0.3 is 33.9 Å². The molecule has 0 amide bonds. The van der Waals surface area contributed by atoms with Gasteiger partial charge in [-0.2, -0.15) is 0 Å². The van der Waals surface area contributed by atoms with Crippen LogP contribution in [0.2, 0.25) is 0 Å². The third-order valence-corrected chi connectivity index (χ3v) is 9.33. The summed E-state index contributed by atoms with van der Waals surface area (Å²) in [5.41, 5.74) is 0.413. The van der Waals surface area contributed by atoms with Crippen molar-refractivity contribution in [3.8, 4) is 0 Å². The smallest absolute Gasteiger partial charge is 0.331 e. The molecule has 2 unspecified atom stereocenters. The van der Waals surface area contributed by atoms with Gasteiger partial charge in [0, 0.05) is 29.4 Å². The number of carbonyl (C=O) groups excluding carboxylic acids is 2. The fourth-order valence-corrected chi connectivity index (χ4v) is 6.89. The van der Waals surface area contributed by atoms with E-state index in [0.717, 1.165) is 18.4 Å². The number of aliphatic hydroxyl groups excluding tert-OH is 2. The molecule has 9 nitrogen and oxygen atoms in total. The van der Waals surface area contributed by atoms with E-state index in [1.54, 1.807) is 25.2 Å². The number of rotatable bonds is 10. The summed E-state index contributed by atoms with van der Waals surface area (Å²) < 4.78 is 29.1. The van der Waals surface area contributed by atoms with Crippen LogP contribution in [0.15, 0.2) is 47.6 Å². The highest BCUT2D eigenvalue weighted by Crippen LogP contribution is 2.71. The molecule has 3 fully saturated rings. The van der Waals surface area contributed by atoms with Crippen LogP contribution in [0.5, 0.6) is 0 Å². The lowest BCUT2D eigenvalue weighted by molar-refractivity contribution is -0.228. The highest BCUT2D eigenvalue weighted by molar-refractivity contribution is 5.85. The third-order valence-electron chi connectivity index (χ3n) is 9.33. The van der Waals surface area contributed by atoms with E-state index in [9.17, 15) is 19.8 Å². The van der Waals surface area contributed by atoms with Gasteiger partial charge in [-0.25, -0.2) is 9.59 Å². The minimum absolute atomic E-state index is 0.0657. The van der Waals surface area contributed by atoms with E-state index >= 15 is 0 Å².